The van der Waals surface area contributed by atoms with Crippen molar-refractivity contribution in [2.45, 2.75) is 0 Å². The SMILES string of the molecule is c1ccc(-c2nc(-c3ccccc3)nc(-c3cccc(-c4cccc(-c5cc(-c6ccc7c(c6)c6ccccc6n7-c6ccccc6)c6c(c5)oc5ccccc56)c4)c3)n2)cc1. The highest BCUT2D eigenvalue weighted by Gasteiger charge is 2.19. The zero-order valence-electron chi connectivity index (χ0n) is 33.5. The average Bonchev–Trinajstić information content (AvgIpc) is 3.90. The molecule has 12 aromatic rings. The molecule has 62 heavy (non-hydrogen) atoms. The van der Waals surface area contributed by atoms with E-state index in [4.69, 9.17) is 19.4 Å². The van der Waals surface area contributed by atoms with Crippen LogP contribution in [0.25, 0.3) is 117 Å². The van der Waals surface area contributed by atoms with Gasteiger partial charge in [0, 0.05) is 43.9 Å². The smallest absolute Gasteiger partial charge is 0.164 e. The third kappa shape index (κ3) is 6.14. The first-order valence-corrected chi connectivity index (χ1v) is 20.8. The van der Waals surface area contributed by atoms with Crippen molar-refractivity contribution in [3.8, 4) is 73.2 Å². The predicted molar refractivity (Wildman–Crippen MR) is 254 cm³/mol. The molecule has 0 atom stereocenters. The van der Waals surface area contributed by atoms with Crippen molar-refractivity contribution < 1.29 is 4.42 Å². The molecule has 0 amide bonds. The fraction of sp³-hybridized carbons (Fsp3) is 0. The maximum Gasteiger partial charge on any atom is 0.164 e. The normalized spacial score (nSPS) is 11.5. The zero-order chi connectivity index (χ0) is 41.0. The number of aromatic nitrogens is 4. The van der Waals surface area contributed by atoms with Gasteiger partial charge < -0.3 is 8.98 Å². The minimum Gasteiger partial charge on any atom is -0.456 e. The highest BCUT2D eigenvalue weighted by atomic mass is 16.3. The van der Waals surface area contributed by atoms with Gasteiger partial charge in [-0.3, -0.25) is 0 Å². The summed E-state index contributed by atoms with van der Waals surface area (Å²) in [7, 11) is 0. The Bertz CT molecular complexity index is 3570. The van der Waals surface area contributed by atoms with Crippen LogP contribution in [0.3, 0.4) is 0 Å². The molecule has 3 aromatic heterocycles. The molecule has 0 aliphatic rings. The van der Waals surface area contributed by atoms with Crippen molar-refractivity contribution in [1.82, 2.24) is 19.5 Å². The van der Waals surface area contributed by atoms with Gasteiger partial charge in [0.05, 0.1) is 11.0 Å². The van der Waals surface area contributed by atoms with Gasteiger partial charge in [0.1, 0.15) is 11.2 Å². The predicted octanol–water partition coefficient (Wildman–Crippen LogP) is 14.9. The Hall–Kier alpha value is -8.41. The lowest BCUT2D eigenvalue weighted by atomic mass is 9.92. The molecule has 290 valence electrons. The minimum absolute atomic E-state index is 0.625. The van der Waals surface area contributed by atoms with Crippen molar-refractivity contribution in [2.24, 2.45) is 0 Å². The summed E-state index contributed by atoms with van der Waals surface area (Å²) >= 11 is 0. The van der Waals surface area contributed by atoms with Crippen LogP contribution < -0.4 is 0 Å². The first-order chi connectivity index (χ1) is 30.7. The summed E-state index contributed by atoms with van der Waals surface area (Å²) in [5.74, 6) is 1.90. The molecule has 0 unspecified atom stereocenters. The van der Waals surface area contributed by atoms with E-state index in [2.05, 4.69) is 156 Å². The number of furan rings is 1. The molecule has 9 aromatic carbocycles. The van der Waals surface area contributed by atoms with Crippen LogP contribution in [-0.2, 0) is 0 Å². The summed E-state index contributed by atoms with van der Waals surface area (Å²) < 4.78 is 9.00. The van der Waals surface area contributed by atoms with Gasteiger partial charge in [0.15, 0.2) is 17.5 Å². The van der Waals surface area contributed by atoms with Crippen LogP contribution in [0.2, 0.25) is 0 Å². The summed E-state index contributed by atoms with van der Waals surface area (Å²) in [5.41, 5.74) is 14.6. The van der Waals surface area contributed by atoms with E-state index in [-0.39, 0.29) is 0 Å². The standard InChI is InChI=1S/C57H36N4O/c1-4-16-37(17-5-1)55-58-56(38-18-6-2-7-19-38)60-57(59-55)43-23-15-21-40(33-43)39-20-14-22-41(32-39)44-35-48(54-47-27-11-13-29-52(47)62-53(54)36-44)42-30-31-51-49(34-42)46-26-10-12-28-50(46)61(51)45-24-8-3-9-25-45/h1-36H. The number of hydrogen-bond donors (Lipinski definition) is 0. The van der Waals surface area contributed by atoms with E-state index in [1.54, 1.807) is 0 Å². The van der Waals surface area contributed by atoms with Gasteiger partial charge in [-0.1, -0.05) is 158 Å². The van der Waals surface area contributed by atoms with E-state index in [0.29, 0.717) is 17.5 Å². The Morgan fingerprint density at radius 2 is 0.823 bits per heavy atom. The summed E-state index contributed by atoms with van der Waals surface area (Å²) in [6, 6.07) is 76.4. The second kappa shape index (κ2) is 14.7. The molecule has 0 spiro atoms. The second-order valence-electron chi connectivity index (χ2n) is 15.6. The molecule has 0 aliphatic heterocycles. The Labute approximate surface area is 357 Å². The van der Waals surface area contributed by atoms with Crippen molar-refractivity contribution in [2.75, 3.05) is 0 Å². The topological polar surface area (TPSA) is 56.7 Å². The number of rotatable bonds is 7. The number of para-hydroxylation sites is 3. The van der Waals surface area contributed by atoms with Crippen LogP contribution in [0.4, 0.5) is 0 Å². The number of benzene rings is 9. The second-order valence-corrected chi connectivity index (χ2v) is 15.6. The first kappa shape index (κ1) is 35.5. The van der Waals surface area contributed by atoms with Crippen LogP contribution in [0.5, 0.6) is 0 Å². The van der Waals surface area contributed by atoms with Crippen LogP contribution in [-0.4, -0.2) is 19.5 Å². The van der Waals surface area contributed by atoms with E-state index >= 15 is 0 Å². The fourth-order valence-electron chi connectivity index (χ4n) is 8.90. The van der Waals surface area contributed by atoms with Crippen LogP contribution in [0.1, 0.15) is 0 Å². The molecule has 0 aliphatic carbocycles. The minimum atomic E-state index is 0.625. The quantitative estimate of drug-likeness (QED) is 0.161. The Morgan fingerprint density at radius 1 is 0.306 bits per heavy atom. The van der Waals surface area contributed by atoms with Gasteiger partial charge in [-0.2, -0.15) is 0 Å². The van der Waals surface area contributed by atoms with E-state index in [1.807, 2.05) is 66.7 Å². The molecule has 0 N–H and O–H groups in total. The molecule has 0 saturated carbocycles. The average molecular weight is 793 g/mol. The highest BCUT2D eigenvalue weighted by molar-refractivity contribution is 6.16. The monoisotopic (exact) mass is 792 g/mol. The van der Waals surface area contributed by atoms with Gasteiger partial charge in [0.25, 0.3) is 0 Å². The van der Waals surface area contributed by atoms with Gasteiger partial charge in [-0.05, 0) is 94.0 Å². The number of nitrogens with zero attached hydrogens (tertiary/aromatic N) is 4. The van der Waals surface area contributed by atoms with Crippen molar-refractivity contribution >= 4 is 43.7 Å². The summed E-state index contributed by atoms with van der Waals surface area (Å²) in [4.78, 5) is 14.9. The van der Waals surface area contributed by atoms with Gasteiger partial charge >= 0.3 is 0 Å². The van der Waals surface area contributed by atoms with Crippen LogP contribution in [0.15, 0.2) is 223 Å². The van der Waals surface area contributed by atoms with E-state index in [1.165, 1.54) is 21.8 Å². The number of hydrogen-bond acceptors (Lipinski definition) is 4. The summed E-state index contributed by atoms with van der Waals surface area (Å²) in [6.07, 6.45) is 0. The lowest BCUT2D eigenvalue weighted by Crippen LogP contribution is -2.00. The molecule has 0 saturated heterocycles. The molecular weight excluding hydrogens is 757 g/mol. The van der Waals surface area contributed by atoms with Crippen molar-refractivity contribution in [3.63, 3.8) is 0 Å². The molecule has 5 nitrogen and oxygen atoms in total. The Morgan fingerprint density at radius 3 is 1.52 bits per heavy atom. The lowest BCUT2D eigenvalue weighted by molar-refractivity contribution is 0.669. The van der Waals surface area contributed by atoms with Crippen molar-refractivity contribution in [3.05, 3.63) is 218 Å². The summed E-state index contributed by atoms with van der Waals surface area (Å²) in [5, 5.41) is 4.64. The molecule has 5 heteroatoms. The third-order valence-corrected chi connectivity index (χ3v) is 11.8. The van der Waals surface area contributed by atoms with Crippen LogP contribution in [0, 0.1) is 0 Å². The highest BCUT2D eigenvalue weighted by Crippen LogP contribution is 2.43. The van der Waals surface area contributed by atoms with E-state index in [9.17, 15) is 0 Å². The molecule has 0 radical (unpaired) electrons. The van der Waals surface area contributed by atoms with Gasteiger partial charge in [-0.15, -0.1) is 0 Å². The van der Waals surface area contributed by atoms with E-state index < -0.39 is 0 Å². The molecular formula is C57H36N4O. The number of fused-ring (bicyclic) bond motifs is 6. The van der Waals surface area contributed by atoms with Crippen molar-refractivity contribution in [1.29, 1.82) is 0 Å². The fourth-order valence-corrected chi connectivity index (χ4v) is 8.90. The third-order valence-electron chi connectivity index (χ3n) is 11.8. The van der Waals surface area contributed by atoms with E-state index in [0.717, 1.165) is 77.7 Å². The summed E-state index contributed by atoms with van der Waals surface area (Å²) in [6.45, 7) is 0. The molecule has 0 bridgehead atoms. The lowest BCUT2D eigenvalue weighted by Gasteiger charge is -2.12. The van der Waals surface area contributed by atoms with Gasteiger partial charge in [-0.25, -0.2) is 15.0 Å². The molecule has 12 rings (SSSR count). The van der Waals surface area contributed by atoms with Gasteiger partial charge in [0.2, 0.25) is 0 Å². The Balaban J connectivity index is 0.985. The maximum atomic E-state index is 6.64. The largest absolute Gasteiger partial charge is 0.456 e. The zero-order valence-corrected chi connectivity index (χ0v) is 33.5. The Kier molecular flexibility index (Phi) is 8.42. The molecule has 3 heterocycles. The molecule has 0 fully saturated rings. The maximum absolute atomic E-state index is 6.64. The first-order valence-electron chi connectivity index (χ1n) is 20.8. The van der Waals surface area contributed by atoms with Crippen LogP contribution >= 0.6 is 0 Å².